The van der Waals surface area contributed by atoms with Gasteiger partial charge in [0.15, 0.2) is 14.1 Å². The van der Waals surface area contributed by atoms with Crippen molar-refractivity contribution in [2.75, 3.05) is 19.7 Å². The maximum Gasteiger partial charge on any atom is 0.192 e. The molecular formula is C19H31NO3Si. The minimum atomic E-state index is -1.84. The van der Waals surface area contributed by atoms with Gasteiger partial charge in [-0.15, -0.1) is 0 Å². The lowest BCUT2D eigenvalue weighted by Crippen LogP contribution is -2.44. The summed E-state index contributed by atoms with van der Waals surface area (Å²) in [6, 6.07) is 9.36. The van der Waals surface area contributed by atoms with Gasteiger partial charge in [0, 0.05) is 18.2 Å². The SMILES string of the molecule is CC(C)(C)[Si](C)(C)O[C@@H]1C[C@H](CO)N(CC(=O)c2ccccc2)C1. The zero-order chi connectivity index (χ0) is 18.0. The van der Waals surface area contributed by atoms with Crippen LogP contribution in [0.15, 0.2) is 30.3 Å². The number of nitrogens with zero attached hydrogens (tertiary/aromatic N) is 1. The zero-order valence-corrected chi connectivity index (χ0v) is 16.6. The summed E-state index contributed by atoms with van der Waals surface area (Å²) < 4.78 is 6.49. The van der Waals surface area contributed by atoms with Crippen LogP contribution in [0, 0.1) is 0 Å². The van der Waals surface area contributed by atoms with Crippen LogP contribution in [-0.4, -0.2) is 55.9 Å². The average Bonchev–Trinajstić information content (AvgIpc) is 2.87. The van der Waals surface area contributed by atoms with Gasteiger partial charge in [-0.1, -0.05) is 51.1 Å². The number of ketones is 1. The Morgan fingerprint density at radius 1 is 1.29 bits per heavy atom. The Hall–Kier alpha value is -1.01. The zero-order valence-electron chi connectivity index (χ0n) is 15.6. The van der Waals surface area contributed by atoms with Crippen LogP contribution in [0.2, 0.25) is 18.1 Å². The van der Waals surface area contributed by atoms with Crippen molar-refractivity contribution in [3.05, 3.63) is 35.9 Å². The lowest BCUT2D eigenvalue weighted by atomic mass is 10.1. The molecule has 1 fully saturated rings. The minimum absolute atomic E-state index is 0.00688. The van der Waals surface area contributed by atoms with E-state index in [-0.39, 0.29) is 29.6 Å². The number of hydrogen-bond donors (Lipinski definition) is 1. The van der Waals surface area contributed by atoms with Crippen molar-refractivity contribution < 1.29 is 14.3 Å². The van der Waals surface area contributed by atoms with E-state index in [1.54, 1.807) is 0 Å². The molecule has 0 spiro atoms. The predicted octanol–water partition coefficient (Wildman–Crippen LogP) is 3.33. The number of hydrogen-bond acceptors (Lipinski definition) is 4. The van der Waals surface area contributed by atoms with E-state index in [9.17, 15) is 9.90 Å². The Balaban J connectivity index is 2.01. The number of benzene rings is 1. The molecule has 1 N–H and O–H groups in total. The van der Waals surface area contributed by atoms with Gasteiger partial charge in [-0.25, -0.2) is 0 Å². The molecule has 1 aliphatic rings. The number of carbonyl (C=O) groups is 1. The van der Waals surface area contributed by atoms with Gasteiger partial charge in [0.1, 0.15) is 0 Å². The minimum Gasteiger partial charge on any atom is -0.413 e. The fourth-order valence-corrected chi connectivity index (χ4v) is 4.26. The maximum absolute atomic E-state index is 12.5. The number of aliphatic hydroxyl groups is 1. The summed E-state index contributed by atoms with van der Waals surface area (Å²) in [7, 11) is -1.84. The smallest absolute Gasteiger partial charge is 0.192 e. The van der Waals surface area contributed by atoms with Crippen molar-refractivity contribution in [2.45, 2.75) is 57.5 Å². The van der Waals surface area contributed by atoms with Crippen LogP contribution >= 0.6 is 0 Å². The molecule has 1 aliphatic heterocycles. The molecule has 1 saturated heterocycles. The first-order valence-corrected chi connectivity index (χ1v) is 11.7. The molecule has 0 amide bonds. The van der Waals surface area contributed by atoms with E-state index in [4.69, 9.17) is 4.43 Å². The van der Waals surface area contributed by atoms with Crippen LogP contribution in [0.4, 0.5) is 0 Å². The van der Waals surface area contributed by atoms with Gasteiger partial charge in [-0.2, -0.15) is 0 Å². The molecule has 1 heterocycles. The van der Waals surface area contributed by atoms with Crippen molar-refractivity contribution in [1.29, 1.82) is 0 Å². The summed E-state index contributed by atoms with van der Waals surface area (Å²) >= 11 is 0. The Bertz CT molecular complexity index is 553. The number of rotatable bonds is 6. The van der Waals surface area contributed by atoms with Crippen molar-refractivity contribution in [3.8, 4) is 0 Å². The first kappa shape index (κ1) is 19.3. The average molecular weight is 350 g/mol. The molecular weight excluding hydrogens is 318 g/mol. The summed E-state index contributed by atoms with van der Waals surface area (Å²) in [5, 5.41) is 9.86. The molecule has 1 aromatic carbocycles. The largest absolute Gasteiger partial charge is 0.413 e. The third-order valence-corrected chi connectivity index (χ3v) is 9.95. The highest BCUT2D eigenvalue weighted by atomic mass is 28.4. The third kappa shape index (κ3) is 4.54. The fraction of sp³-hybridized carbons (Fsp3) is 0.632. The summed E-state index contributed by atoms with van der Waals surface area (Å²) in [6.45, 7) is 12.3. The van der Waals surface area contributed by atoms with Crippen LogP contribution in [0.3, 0.4) is 0 Å². The number of Topliss-reactive ketones (excluding diaryl/α,β-unsaturated/α-hetero) is 1. The normalized spacial score (nSPS) is 22.8. The van der Waals surface area contributed by atoms with E-state index >= 15 is 0 Å². The Morgan fingerprint density at radius 2 is 1.92 bits per heavy atom. The lowest BCUT2D eigenvalue weighted by Gasteiger charge is -2.38. The van der Waals surface area contributed by atoms with Crippen molar-refractivity contribution >= 4 is 14.1 Å². The van der Waals surface area contributed by atoms with E-state index in [1.165, 1.54) is 0 Å². The van der Waals surface area contributed by atoms with Gasteiger partial charge in [-0.3, -0.25) is 9.69 Å². The molecule has 4 nitrogen and oxygen atoms in total. The van der Waals surface area contributed by atoms with Crippen molar-refractivity contribution in [2.24, 2.45) is 0 Å². The van der Waals surface area contributed by atoms with E-state index in [1.807, 2.05) is 30.3 Å². The van der Waals surface area contributed by atoms with Crippen LogP contribution < -0.4 is 0 Å². The van der Waals surface area contributed by atoms with E-state index in [0.29, 0.717) is 6.54 Å². The molecule has 2 rings (SSSR count). The topological polar surface area (TPSA) is 49.8 Å². The summed E-state index contributed by atoms with van der Waals surface area (Å²) in [4.78, 5) is 14.5. The summed E-state index contributed by atoms with van der Waals surface area (Å²) in [5.74, 6) is 0.0991. The first-order chi connectivity index (χ1) is 11.1. The van der Waals surface area contributed by atoms with Gasteiger partial charge in [0.25, 0.3) is 0 Å². The molecule has 2 atom stereocenters. The van der Waals surface area contributed by atoms with Crippen LogP contribution in [-0.2, 0) is 4.43 Å². The molecule has 5 heteroatoms. The van der Waals surface area contributed by atoms with Gasteiger partial charge in [-0.05, 0) is 24.6 Å². The molecule has 24 heavy (non-hydrogen) atoms. The highest BCUT2D eigenvalue weighted by molar-refractivity contribution is 6.74. The Morgan fingerprint density at radius 3 is 2.46 bits per heavy atom. The lowest BCUT2D eigenvalue weighted by molar-refractivity contribution is 0.0882. The fourth-order valence-electron chi connectivity index (χ4n) is 2.90. The standard InChI is InChI=1S/C19H31NO3Si/c1-19(2,3)24(4,5)23-17-11-16(14-21)20(12-17)13-18(22)15-9-7-6-8-10-15/h6-10,16-17,21H,11-14H2,1-5H3/t16-,17-/m1/s1. The summed E-state index contributed by atoms with van der Waals surface area (Å²) in [6.07, 6.45) is 0.900. The third-order valence-electron chi connectivity index (χ3n) is 5.41. The predicted molar refractivity (Wildman–Crippen MR) is 99.9 cm³/mol. The van der Waals surface area contributed by atoms with Crippen LogP contribution in [0.5, 0.6) is 0 Å². The molecule has 0 bridgehead atoms. The van der Waals surface area contributed by atoms with Crippen molar-refractivity contribution in [1.82, 2.24) is 4.90 Å². The first-order valence-electron chi connectivity index (χ1n) is 8.75. The highest BCUT2D eigenvalue weighted by Gasteiger charge is 2.42. The van der Waals surface area contributed by atoms with Crippen LogP contribution in [0.25, 0.3) is 0 Å². The van der Waals surface area contributed by atoms with E-state index in [0.717, 1.165) is 18.5 Å². The van der Waals surface area contributed by atoms with Gasteiger partial charge in [0.2, 0.25) is 0 Å². The molecule has 134 valence electrons. The van der Waals surface area contributed by atoms with E-state index in [2.05, 4.69) is 38.8 Å². The molecule has 0 unspecified atom stereocenters. The molecule has 1 aromatic rings. The second-order valence-electron chi connectivity index (χ2n) is 8.29. The molecule has 0 saturated carbocycles. The highest BCUT2D eigenvalue weighted by Crippen LogP contribution is 2.38. The van der Waals surface area contributed by atoms with Gasteiger partial charge < -0.3 is 9.53 Å². The van der Waals surface area contributed by atoms with Crippen LogP contribution in [0.1, 0.15) is 37.6 Å². The van der Waals surface area contributed by atoms with Gasteiger partial charge in [0.05, 0.1) is 19.3 Å². The molecule has 0 aliphatic carbocycles. The van der Waals surface area contributed by atoms with E-state index < -0.39 is 8.32 Å². The maximum atomic E-state index is 12.5. The quantitative estimate of drug-likeness (QED) is 0.632. The Kier molecular flexibility index (Phi) is 6.02. The number of aliphatic hydroxyl groups excluding tert-OH is 1. The van der Waals surface area contributed by atoms with Crippen molar-refractivity contribution in [3.63, 3.8) is 0 Å². The Labute approximate surface area is 147 Å². The monoisotopic (exact) mass is 349 g/mol. The second-order valence-corrected chi connectivity index (χ2v) is 13.0. The molecule has 0 radical (unpaired) electrons. The number of likely N-dealkylation sites (tertiary alicyclic amines) is 1. The van der Waals surface area contributed by atoms with Gasteiger partial charge >= 0.3 is 0 Å². The second kappa shape index (κ2) is 7.48. The summed E-state index contributed by atoms with van der Waals surface area (Å²) in [5.41, 5.74) is 0.725. The molecule has 0 aromatic heterocycles. The number of carbonyl (C=O) groups excluding carboxylic acids is 1.